The summed E-state index contributed by atoms with van der Waals surface area (Å²) in [5, 5.41) is 20.0. The lowest BCUT2D eigenvalue weighted by atomic mass is 9.60. The lowest BCUT2D eigenvalue weighted by Crippen LogP contribution is -2.51. The fourth-order valence-electron chi connectivity index (χ4n) is 4.61. The number of rotatable bonds is 1. The van der Waals surface area contributed by atoms with Crippen molar-refractivity contribution in [3.63, 3.8) is 0 Å². The van der Waals surface area contributed by atoms with Gasteiger partial charge in [0.2, 0.25) is 0 Å². The molecule has 6 nitrogen and oxygen atoms in total. The third kappa shape index (κ3) is 2.11. The lowest BCUT2D eigenvalue weighted by molar-refractivity contribution is -0.0667. The third-order valence-corrected chi connectivity index (χ3v) is 6.15. The van der Waals surface area contributed by atoms with Crippen LogP contribution in [0, 0.1) is 5.41 Å². The summed E-state index contributed by atoms with van der Waals surface area (Å²) in [5.41, 5.74) is -0.118. The first-order valence-electron chi connectivity index (χ1n) is 9.28. The molecule has 146 valence electrons. The number of hydrogen-bond acceptors (Lipinski definition) is 6. The van der Waals surface area contributed by atoms with Gasteiger partial charge >= 0.3 is 5.97 Å². The molecular formula is C23H18O6. The summed E-state index contributed by atoms with van der Waals surface area (Å²) in [6.45, 7) is 3.37. The number of carbonyl (C=O) groups is 2. The monoisotopic (exact) mass is 390 g/mol. The van der Waals surface area contributed by atoms with Gasteiger partial charge in [-0.1, -0.05) is 6.07 Å². The largest absolute Gasteiger partial charge is 0.508 e. The van der Waals surface area contributed by atoms with Crippen LogP contribution in [0.1, 0.15) is 52.1 Å². The van der Waals surface area contributed by atoms with Crippen molar-refractivity contribution in [3.8, 4) is 11.5 Å². The summed E-state index contributed by atoms with van der Waals surface area (Å²) < 4.78 is 12.2. The number of phenolic OH excluding ortho intramolecular Hbond substituents is 1. The van der Waals surface area contributed by atoms with E-state index >= 15 is 0 Å². The van der Waals surface area contributed by atoms with E-state index in [0.717, 1.165) is 0 Å². The van der Waals surface area contributed by atoms with E-state index in [1.165, 1.54) is 25.1 Å². The van der Waals surface area contributed by atoms with E-state index in [9.17, 15) is 19.8 Å². The molecule has 2 aliphatic heterocycles. The number of Topliss-reactive ketones (excluding diaryl/α,β-unsaturated/α-hetero) is 1. The molecule has 2 unspecified atom stereocenters. The maximum absolute atomic E-state index is 12.9. The molecule has 0 saturated carbocycles. The minimum absolute atomic E-state index is 0.000658. The van der Waals surface area contributed by atoms with Crippen molar-refractivity contribution in [3.05, 3.63) is 82.3 Å². The number of fused-ring (bicyclic) bond motifs is 6. The number of phenols is 1. The molecule has 2 atom stereocenters. The molecule has 1 spiro atoms. The predicted molar refractivity (Wildman–Crippen MR) is 103 cm³/mol. The third-order valence-electron chi connectivity index (χ3n) is 6.15. The molecule has 0 radical (unpaired) electrons. The van der Waals surface area contributed by atoms with Crippen molar-refractivity contribution in [1.29, 1.82) is 0 Å². The fraction of sp³-hybridized carbons (Fsp3) is 0.217. The molecular weight excluding hydrogens is 372 g/mol. The SMILES string of the molecule is CC(=O)c1ccc2c(c1)C1(OC2=O)c2ccc(O)cc2OC2=CC(O)=CCC21C. The molecule has 6 heteroatoms. The quantitative estimate of drug-likeness (QED) is 0.562. The van der Waals surface area contributed by atoms with Crippen LogP contribution in [-0.4, -0.2) is 22.0 Å². The lowest BCUT2D eigenvalue weighted by Gasteiger charge is -2.50. The number of aromatic hydroxyl groups is 1. The number of aliphatic hydroxyl groups excluding tert-OH is 1. The van der Waals surface area contributed by atoms with Crippen molar-refractivity contribution < 1.29 is 29.3 Å². The van der Waals surface area contributed by atoms with Gasteiger partial charge < -0.3 is 19.7 Å². The average molecular weight is 390 g/mol. The first-order chi connectivity index (χ1) is 13.8. The van der Waals surface area contributed by atoms with E-state index in [-0.39, 0.29) is 17.3 Å². The van der Waals surface area contributed by atoms with E-state index < -0.39 is 17.0 Å². The van der Waals surface area contributed by atoms with Gasteiger partial charge in [0.05, 0.1) is 11.0 Å². The van der Waals surface area contributed by atoms with Gasteiger partial charge in [-0.05, 0) is 50.6 Å². The van der Waals surface area contributed by atoms with E-state index in [1.807, 2.05) is 6.92 Å². The van der Waals surface area contributed by atoms with Crippen LogP contribution in [0.15, 0.2) is 60.1 Å². The topological polar surface area (TPSA) is 93.1 Å². The van der Waals surface area contributed by atoms with Crippen LogP contribution < -0.4 is 4.74 Å². The number of hydrogen-bond donors (Lipinski definition) is 2. The summed E-state index contributed by atoms with van der Waals surface area (Å²) in [4.78, 5) is 25.0. The van der Waals surface area contributed by atoms with E-state index in [0.29, 0.717) is 40.2 Å². The number of ketones is 1. The van der Waals surface area contributed by atoms with E-state index in [1.54, 1.807) is 30.3 Å². The molecule has 2 aromatic rings. The molecule has 3 aliphatic rings. The van der Waals surface area contributed by atoms with Gasteiger partial charge in [0.25, 0.3) is 0 Å². The summed E-state index contributed by atoms with van der Waals surface area (Å²) in [6.07, 6.45) is 3.50. The average Bonchev–Trinajstić information content (AvgIpc) is 2.97. The van der Waals surface area contributed by atoms with Gasteiger partial charge in [0.15, 0.2) is 11.4 Å². The maximum Gasteiger partial charge on any atom is 0.339 e. The standard InChI is InChI=1S/C23H18O6/c1-12(24)13-3-5-16-18(9-13)23(29-21(16)27)17-6-4-14(25)10-19(17)28-20-11-15(26)7-8-22(20,23)2/h3-7,9-11,25-26H,8H2,1-2H3. The first-order valence-corrected chi connectivity index (χ1v) is 9.28. The highest BCUT2D eigenvalue weighted by Gasteiger charge is 2.64. The molecule has 0 aromatic heterocycles. The van der Waals surface area contributed by atoms with Crippen LogP contribution in [-0.2, 0) is 10.3 Å². The number of benzene rings is 2. The van der Waals surface area contributed by atoms with Crippen molar-refractivity contribution in [2.45, 2.75) is 25.9 Å². The second kappa shape index (κ2) is 5.50. The molecule has 5 rings (SSSR count). The van der Waals surface area contributed by atoms with Gasteiger partial charge in [0, 0.05) is 28.8 Å². The summed E-state index contributed by atoms with van der Waals surface area (Å²) in [6, 6.07) is 9.57. The first kappa shape index (κ1) is 17.6. The highest BCUT2D eigenvalue weighted by molar-refractivity contribution is 6.00. The Hall–Kier alpha value is -3.54. The molecule has 2 N–H and O–H groups in total. The van der Waals surface area contributed by atoms with Crippen LogP contribution in [0.5, 0.6) is 11.5 Å². The van der Waals surface area contributed by atoms with Gasteiger partial charge in [0.1, 0.15) is 23.0 Å². The number of ether oxygens (including phenoxy) is 2. The summed E-state index contributed by atoms with van der Waals surface area (Å²) >= 11 is 0. The molecule has 2 heterocycles. The minimum Gasteiger partial charge on any atom is -0.508 e. The molecule has 0 amide bonds. The van der Waals surface area contributed by atoms with Crippen molar-refractivity contribution >= 4 is 11.8 Å². The van der Waals surface area contributed by atoms with E-state index in [2.05, 4.69) is 0 Å². The second-order valence-electron chi connectivity index (χ2n) is 7.84. The van der Waals surface area contributed by atoms with Gasteiger partial charge in [-0.3, -0.25) is 4.79 Å². The zero-order valence-corrected chi connectivity index (χ0v) is 15.9. The van der Waals surface area contributed by atoms with Gasteiger partial charge in [-0.2, -0.15) is 0 Å². The fourth-order valence-corrected chi connectivity index (χ4v) is 4.61. The molecule has 1 aliphatic carbocycles. The highest BCUT2D eigenvalue weighted by Crippen LogP contribution is 2.64. The van der Waals surface area contributed by atoms with Crippen LogP contribution >= 0.6 is 0 Å². The minimum atomic E-state index is -1.27. The summed E-state index contributed by atoms with van der Waals surface area (Å²) in [5.74, 6) is 0.193. The Morgan fingerprint density at radius 3 is 2.66 bits per heavy atom. The highest BCUT2D eigenvalue weighted by atomic mass is 16.6. The molecule has 0 saturated heterocycles. The van der Waals surface area contributed by atoms with Crippen molar-refractivity contribution in [1.82, 2.24) is 0 Å². The zero-order valence-electron chi connectivity index (χ0n) is 15.9. The molecule has 0 bridgehead atoms. The van der Waals surface area contributed by atoms with Crippen LogP contribution in [0.4, 0.5) is 0 Å². The molecule has 29 heavy (non-hydrogen) atoms. The molecule has 2 aromatic carbocycles. The van der Waals surface area contributed by atoms with Crippen LogP contribution in [0.25, 0.3) is 0 Å². The number of aliphatic hydroxyl groups is 1. The normalized spacial score (nSPS) is 26.5. The smallest absolute Gasteiger partial charge is 0.339 e. The van der Waals surface area contributed by atoms with Gasteiger partial charge in [-0.15, -0.1) is 0 Å². The number of allylic oxidation sites excluding steroid dienone is 2. The maximum atomic E-state index is 12.9. The number of esters is 1. The Morgan fingerprint density at radius 2 is 1.90 bits per heavy atom. The predicted octanol–water partition coefficient (Wildman–Crippen LogP) is 4.14. The zero-order chi connectivity index (χ0) is 20.6. The van der Waals surface area contributed by atoms with Crippen LogP contribution in [0.2, 0.25) is 0 Å². The van der Waals surface area contributed by atoms with Crippen molar-refractivity contribution in [2.24, 2.45) is 5.41 Å². The second-order valence-corrected chi connectivity index (χ2v) is 7.84. The molecule has 0 fully saturated rings. The number of carbonyl (C=O) groups excluding carboxylic acids is 2. The van der Waals surface area contributed by atoms with Crippen LogP contribution in [0.3, 0.4) is 0 Å². The Kier molecular flexibility index (Phi) is 3.33. The van der Waals surface area contributed by atoms with E-state index in [4.69, 9.17) is 9.47 Å². The Labute approximate surface area is 166 Å². The Bertz CT molecular complexity index is 1170. The summed E-state index contributed by atoms with van der Waals surface area (Å²) in [7, 11) is 0. The Balaban J connectivity index is 1.89. The van der Waals surface area contributed by atoms with Gasteiger partial charge in [-0.25, -0.2) is 4.79 Å². The Morgan fingerprint density at radius 1 is 1.10 bits per heavy atom. The van der Waals surface area contributed by atoms with Crippen molar-refractivity contribution in [2.75, 3.05) is 0 Å².